The van der Waals surface area contributed by atoms with Gasteiger partial charge in [0.1, 0.15) is 11.8 Å². The molecule has 1 amide bonds. The van der Waals surface area contributed by atoms with Crippen LogP contribution in [0.5, 0.6) is 0 Å². The second kappa shape index (κ2) is 10.0. The third-order valence-electron chi connectivity index (χ3n) is 4.89. The molecule has 0 unspecified atom stereocenters. The standard InChI is InChI=1S/C25H27N3O4/c1-25(2,3)32-24(29)27-23(19-12-8-5-9-13-19)21(16-18-10-6-4-7-11-18)22-15-14-20(17-26-22)28(30)31/h4-15,17,21,23H,16H2,1-3H3,(H,27,29)/t21-,23+/m1/s1. The van der Waals surface area contributed by atoms with Gasteiger partial charge < -0.3 is 10.1 Å². The highest BCUT2D eigenvalue weighted by Crippen LogP contribution is 2.34. The molecule has 1 N–H and O–H groups in total. The molecule has 0 saturated heterocycles. The predicted molar refractivity (Wildman–Crippen MR) is 122 cm³/mol. The summed E-state index contributed by atoms with van der Waals surface area (Å²) in [5, 5.41) is 14.1. The molecule has 0 radical (unpaired) electrons. The van der Waals surface area contributed by atoms with Gasteiger partial charge in [0, 0.05) is 17.7 Å². The van der Waals surface area contributed by atoms with Gasteiger partial charge in [0.05, 0.1) is 11.0 Å². The Hall–Kier alpha value is -3.74. The van der Waals surface area contributed by atoms with E-state index in [9.17, 15) is 14.9 Å². The maximum absolute atomic E-state index is 12.7. The summed E-state index contributed by atoms with van der Waals surface area (Å²) in [7, 11) is 0. The fourth-order valence-electron chi connectivity index (χ4n) is 3.50. The van der Waals surface area contributed by atoms with Crippen molar-refractivity contribution in [2.75, 3.05) is 0 Å². The lowest BCUT2D eigenvalue weighted by molar-refractivity contribution is -0.385. The van der Waals surface area contributed by atoms with Crippen LogP contribution in [-0.4, -0.2) is 21.6 Å². The Balaban J connectivity index is 2.03. The largest absolute Gasteiger partial charge is 0.444 e. The van der Waals surface area contributed by atoms with Gasteiger partial charge in [-0.2, -0.15) is 0 Å². The molecular formula is C25H27N3O4. The van der Waals surface area contributed by atoms with E-state index in [-0.39, 0.29) is 11.6 Å². The van der Waals surface area contributed by atoms with Gasteiger partial charge in [-0.25, -0.2) is 4.79 Å². The number of pyridine rings is 1. The van der Waals surface area contributed by atoms with E-state index in [4.69, 9.17) is 4.74 Å². The maximum Gasteiger partial charge on any atom is 0.408 e. The zero-order valence-corrected chi connectivity index (χ0v) is 18.4. The molecule has 7 nitrogen and oxygen atoms in total. The van der Waals surface area contributed by atoms with Crippen molar-refractivity contribution in [3.8, 4) is 0 Å². The normalized spacial score (nSPS) is 13.1. The van der Waals surface area contributed by atoms with Crippen molar-refractivity contribution in [2.24, 2.45) is 0 Å². The first-order valence-electron chi connectivity index (χ1n) is 10.4. The van der Waals surface area contributed by atoms with Crippen LogP contribution in [0.25, 0.3) is 0 Å². The van der Waals surface area contributed by atoms with E-state index in [1.807, 2.05) is 81.4 Å². The molecule has 3 rings (SSSR count). The summed E-state index contributed by atoms with van der Waals surface area (Å²) in [6, 6.07) is 22.1. The number of hydrogen-bond acceptors (Lipinski definition) is 5. The van der Waals surface area contributed by atoms with Crippen LogP contribution in [0.15, 0.2) is 79.0 Å². The van der Waals surface area contributed by atoms with E-state index in [2.05, 4.69) is 10.3 Å². The molecule has 1 aromatic heterocycles. The summed E-state index contributed by atoms with van der Waals surface area (Å²) in [6.07, 6.45) is 1.29. The van der Waals surface area contributed by atoms with Crippen LogP contribution in [0.1, 0.15) is 49.6 Å². The fraction of sp³-hybridized carbons (Fsp3) is 0.280. The number of nitro groups is 1. The van der Waals surface area contributed by atoms with Gasteiger partial charge in [-0.05, 0) is 44.4 Å². The predicted octanol–water partition coefficient (Wildman–Crippen LogP) is 5.58. The second-order valence-corrected chi connectivity index (χ2v) is 8.53. The Morgan fingerprint density at radius 2 is 1.66 bits per heavy atom. The summed E-state index contributed by atoms with van der Waals surface area (Å²) in [6.45, 7) is 5.43. The van der Waals surface area contributed by atoms with Crippen LogP contribution < -0.4 is 5.32 Å². The minimum absolute atomic E-state index is 0.0800. The molecule has 0 aliphatic carbocycles. The summed E-state index contributed by atoms with van der Waals surface area (Å²) >= 11 is 0. The number of carbonyl (C=O) groups is 1. The van der Waals surface area contributed by atoms with E-state index in [0.29, 0.717) is 12.1 Å². The van der Waals surface area contributed by atoms with E-state index in [0.717, 1.165) is 11.1 Å². The summed E-state index contributed by atoms with van der Waals surface area (Å²) in [5.41, 5.74) is 1.86. The number of carbonyl (C=O) groups excluding carboxylic acids is 1. The third-order valence-corrected chi connectivity index (χ3v) is 4.89. The molecule has 0 aliphatic rings. The number of hydrogen-bond donors (Lipinski definition) is 1. The van der Waals surface area contributed by atoms with Crippen LogP contribution in [-0.2, 0) is 11.2 Å². The summed E-state index contributed by atoms with van der Waals surface area (Å²) < 4.78 is 5.52. The molecular weight excluding hydrogens is 406 g/mol. The number of amides is 1. The smallest absolute Gasteiger partial charge is 0.408 e. The Kier molecular flexibility index (Phi) is 7.20. The minimum atomic E-state index is -0.647. The van der Waals surface area contributed by atoms with E-state index < -0.39 is 22.7 Å². The lowest BCUT2D eigenvalue weighted by Gasteiger charge is -2.30. The maximum atomic E-state index is 12.7. The van der Waals surface area contributed by atoms with Crippen molar-refractivity contribution >= 4 is 11.8 Å². The molecule has 0 spiro atoms. The molecule has 0 bridgehead atoms. The first-order valence-corrected chi connectivity index (χ1v) is 10.4. The molecule has 0 fully saturated rings. The van der Waals surface area contributed by atoms with Gasteiger partial charge in [0.2, 0.25) is 0 Å². The number of aromatic nitrogens is 1. The Morgan fingerprint density at radius 3 is 2.19 bits per heavy atom. The zero-order chi connectivity index (χ0) is 23.1. The second-order valence-electron chi connectivity index (χ2n) is 8.53. The quantitative estimate of drug-likeness (QED) is 0.388. The number of nitrogens with one attached hydrogen (secondary N) is 1. The molecule has 2 atom stereocenters. The molecule has 7 heteroatoms. The average molecular weight is 434 g/mol. The summed E-state index contributed by atoms with van der Waals surface area (Å²) in [5.74, 6) is -0.284. The van der Waals surface area contributed by atoms with Crippen molar-refractivity contribution < 1.29 is 14.5 Å². The van der Waals surface area contributed by atoms with Gasteiger partial charge in [-0.3, -0.25) is 15.1 Å². The van der Waals surface area contributed by atoms with Crippen LogP contribution >= 0.6 is 0 Å². The Labute approximate surface area is 187 Å². The third kappa shape index (κ3) is 6.38. The number of rotatable bonds is 7. The van der Waals surface area contributed by atoms with Crippen molar-refractivity contribution in [3.05, 3.63) is 106 Å². The van der Waals surface area contributed by atoms with E-state index in [1.54, 1.807) is 6.07 Å². The summed E-state index contributed by atoms with van der Waals surface area (Å²) in [4.78, 5) is 27.7. The lowest BCUT2D eigenvalue weighted by atomic mass is 9.85. The van der Waals surface area contributed by atoms with Crippen molar-refractivity contribution in [1.29, 1.82) is 0 Å². The van der Waals surface area contributed by atoms with Crippen LogP contribution in [0, 0.1) is 10.1 Å². The zero-order valence-electron chi connectivity index (χ0n) is 18.4. The number of nitrogens with zero attached hydrogens (tertiary/aromatic N) is 2. The monoisotopic (exact) mass is 433 g/mol. The van der Waals surface area contributed by atoms with Crippen LogP contribution in [0.2, 0.25) is 0 Å². The molecule has 32 heavy (non-hydrogen) atoms. The van der Waals surface area contributed by atoms with Gasteiger partial charge in [-0.1, -0.05) is 60.7 Å². The van der Waals surface area contributed by atoms with Crippen LogP contribution in [0.4, 0.5) is 10.5 Å². The Morgan fingerprint density at radius 1 is 1.03 bits per heavy atom. The number of ether oxygens (including phenoxy) is 1. The van der Waals surface area contributed by atoms with Gasteiger partial charge in [0.25, 0.3) is 5.69 Å². The fourth-order valence-corrected chi connectivity index (χ4v) is 3.50. The van der Waals surface area contributed by atoms with Crippen molar-refractivity contribution in [3.63, 3.8) is 0 Å². The number of alkyl carbamates (subject to hydrolysis) is 1. The van der Waals surface area contributed by atoms with E-state index >= 15 is 0 Å². The van der Waals surface area contributed by atoms with Gasteiger partial charge >= 0.3 is 6.09 Å². The van der Waals surface area contributed by atoms with Crippen molar-refractivity contribution in [1.82, 2.24) is 10.3 Å². The number of benzene rings is 2. The first kappa shape index (κ1) is 22.9. The molecule has 166 valence electrons. The Bertz CT molecular complexity index is 1030. The molecule has 1 heterocycles. The van der Waals surface area contributed by atoms with E-state index in [1.165, 1.54) is 12.3 Å². The SMILES string of the molecule is CC(C)(C)OC(=O)N[C@@H](c1ccccc1)[C@H](Cc1ccccc1)c1ccc([N+](=O)[O-])cn1. The minimum Gasteiger partial charge on any atom is -0.444 e. The molecule has 0 aliphatic heterocycles. The highest BCUT2D eigenvalue weighted by atomic mass is 16.6. The topological polar surface area (TPSA) is 94.4 Å². The van der Waals surface area contributed by atoms with Gasteiger partial charge in [-0.15, -0.1) is 0 Å². The highest BCUT2D eigenvalue weighted by molar-refractivity contribution is 5.68. The lowest BCUT2D eigenvalue weighted by Crippen LogP contribution is -2.38. The first-order chi connectivity index (χ1) is 15.2. The van der Waals surface area contributed by atoms with Crippen molar-refractivity contribution in [2.45, 2.75) is 44.8 Å². The molecule has 3 aromatic rings. The van der Waals surface area contributed by atoms with Gasteiger partial charge in [0.15, 0.2) is 0 Å². The highest BCUT2D eigenvalue weighted by Gasteiger charge is 2.30. The average Bonchev–Trinajstić information content (AvgIpc) is 2.76. The van der Waals surface area contributed by atoms with Crippen LogP contribution in [0.3, 0.4) is 0 Å². The molecule has 2 aromatic carbocycles. The molecule has 0 saturated carbocycles.